The number of benzene rings is 1. The Morgan fingerprint density at radius 1 is 1.23 bits per heavy atom. The van der Waals surface area contributed by atoms with Crippen LogP contribution in [0.5, 0.6) is 0 Å². The van der Waals surface area contributed by atoms with Crippen LogP contribution in [0.15, 0.2) is 24.3 Å². The maximum absolute atomic E-state index is 13.6. The second kappa shape index (κ2) is 8.16. The summed E-state index contributed by atoms with van der Waals surface area (Å²) in [5, 5.41) is 7.06. The fourth-order valence-corrected chi connectivity index (χ4v) is 6.14. The van der Waals surface area contributed by atoms with Gasteiger partial charge < -0.3 is 10.6 Å². The molecule has 30 heavy (non-hydrogen) atoms. The predicted octanol–water partition coefficient (Wildman–Crippen LogP) is 3.12. The van der Waals surface area contributed by atoms with E-state index in [1.807, 2.05) is 24.3 Å². The molecule has 2 amide bonds. The predicted molar refractivity (Wildman–Crippen MR) is 119 cm³/mol. The van der Waals surface area contributed by atoms with E-state index in [2.05, 4.69) is 43.2 Å². The highest BCUT2D eigenvalue weighted by Crippen LogP contribution is 2.53. The Morgan fingerprint density at radius 3 is 2.57 bits per heavy atom. The minimum absolute atomic E-state index is 0.0111. The number of piperidine rings is 2. The average Bonchev–Trinajstić information content (AvgIpc) is 2.97. The lowest BCUT2D eigenvalue weighted by Gasteiger charge is -2.55. The van der Waals surface area contributed by atoms with Crippen molar-refractivity contribution in [3.63, 3.8) is 0 Å². The zero-order chi connectivity index (χ0) is 21.6. The highest BCUT2D eigenvalue weighted by Gasteiger charge is 2.67. The van der Waals surface area contributed by atoms with Crippen molar-refractivity contribution in [3.05, 3.63) is 34.9 Å². The number of rotatable bonds is 7. The van der Waals surface area contributed by atoms with Gasteiger partial charge in [-0.25, -0.2) is 0 Å². The summed E-state index contributed by atoms with van der Waals surface area (Å²) in [5.41, 5.74) is 0.330. The van der Waals surface area contributed by atoms with Gasteiger partial charge in [0.05, 0.1) is 5.92 Å². The van der Waals surface area contributed by atoms with Gasteiger partial charge in [0.25, 0.3) is 0 Å². The summed E-state index contributed by atoms with van der Waals surface area (Å²) >= 11 is 6.10. The van der Waals surface area contributed by atoms with Crippen LogP contribution in [0.4, 0.5) is 0 Å². The molecule has 5 rings (SSSR count). The highest BCUT2D eigenvalue weighted by molar-refractivity contribution is 6.30. The van der Waals surface area contributed by atoms with E-state index >= 15 is 0 Å². The number of halogens is 1. The highest BCUT2D eigenvalue weighted by atomic mass is 35.5. The van der Waals surface area contributed by atoms with Gasteiger partial charge >= 0.3 is 0 Å². The van der Waals surface area contributed by atoms with Gasteiger partial charge in [0.1, 0.15) is 5.54 Å². The van der Waals surface area contributed by atoms with Gasteiger partial charge in [-0.15, -0.1) is 0 Å². The number of hydrogen-bond acceptors (Lipinski definition) is 3. The van der Waals surface area contributed by atoms with Gasteiger partial charge in [-0.1, -0.05) is 51.4 Å². The molecular weight excluding hydrogens is 398 g/mol. The van der Waals surface area contributed by atoms with E-state index in [0.717, 1.165) is 31.5 Å². The summed E-state index contributed by atoms with van der Waals surface area (Å²) in [6.07, 6.45) is 1.49. The third kappa shape index (κ3) is 3.75. The molecule has 3 aliphatic heterocycles. The van der Waals surface area contributed by atoms with Crippen LogP contribution in [-0.4, -0.2) is 47.9 Å². The first kappa shape index (κ1) is 21.6. The summed E-state index contributed by atoms with van der Waals surface area (Å²) in [4.78, 5) is 29.2. The van der Waals surface area contributed by atoms with Gasteiger partial charge in [-0.3, -0.25) is 14.5 Å². The SMILES string of the molecule is CC(C)CNC(=O)[C@]12C[C@@H]3CN(CC(C)C)C([C@H]1Cc1ccc(Cl)cc1)[C@@H]3C(=O)N2. The van der Waals surface area contributed by atoms with Crippen molar-refractivity contribution < 1.29 is 9.59 Å². The average molecular weight is 432 g/mol. The standard InChI is InChI=1S/C24H34ClN3O2/c1-14(2)11-26-23(30)24-10-17-13-28(12-15(3)4)21(20(17)22(29)27-24)19(24)9-16-5-7-18(25)8-6-16/h5-8,14-15,17,19-21H,9-13H2,1-4H3,(H,26,30)(H,27,29)/t17-,19-,20-,21?,24+/m1/s1. The molecule has 1 aliphatic carbocycles. The Hall–Kier alpha value is -1.59. The van der Waals surface area contributed by atoms with E-state index in [4.69, 9.17) is 11.6 Å². The van der Waals surface area contributed by atoms with E-state index in [1.165, 1.54) is 0 Å². The molecule has 5 nitrogen and oxygen atoms in total. The molecule has 0 spiro atoms. The number of nitrogens with zero attached hydrogens (tertiary/aromatic N) is 1. The minimum Gasteiger partial charge on any atom is -0.354 e. The Kier molecular flexibility index (Phi) is 5.88. The van der Waals surface area contributed by atoms with Crippen LogP contribution < -0.4 is 10.6 Å². The number of carbonyl (C=O) groups is 2. The number of likely N-dealkylation sites (tertiary alicyclic amines) is 1. The molecule has 3 heterocycles. The topological polar surface area (TPSA) is 61.4 Å². The summed E-state index contributed by atoms with van der Waals surface area (Å²) in [5.74, 6) is 1.23. The van der Waals surface area contributed by atoms with E-state index in [-0.39, 0.29) is 35.6 Å². The molecule has 164 valence electrons. The molecule has 1 aromatic rings. The van der Waals surface area contributed by atoms with Crippen LogP contribution in [0.3, 0.4) is 0 Å². The van der Waals surface area contributed by atoms with Gasteiger partial charge in [0.15, 0.2) is 0 Å². The van der Waals surface area contributed by atoms with Crippen LogP contribution in [-0.2, 0) is 16.0 Å². The quantitative estimate of drug-likeness (QED) is 0.697. The second-order valence-corrected chi connectivity index (χ2v) is 10.8. The van der Waals surface area contributed by atoms with Gasteiger partial charge in [0, 0.05) is 36.6 Å². The molecular formula is C24H34ClN3O2. The largest absolute Gasteiger partial charge is 0.354 e. The van der Waals surface area contributed by atoms with E-state index in [1.54, 1.807) is 0 Å². The van der Waals surface area contributed by atoms with Crippen molar-refractivity contribution in [2.45, 2.75) is 52.1 Å². The number of carbonyl (C=O) groups excluding carboxylic acids is 2. The van der Waals surface area contributed by atoms with Gasteiger partial charge in [-0.05, 0) is 48.3 Å². The number of nitrogens with one attached hydrogen (secondary N) is 2. The monoisotopic (exact) mass is 431 g/mol. The van der Waals surface area contributed by atoms with Crippen molar-refractivity contribution in [1.29, 1.82) is 0 Å². The maximum atomic E-state index is 13.6. The first-order valence-electron chi connectivity index (χ1n) is 11.3. The summed E-state index contributed by atoms with van der Waals surface area (Å²) < 4.78 is 0. The summed E-state index contributed by atoms with van der Waals surface area (Å²) in [6.45, 7) is 11.1. The Balaban J connectivity index is 1.71. The molecule has 0 aromatic heterocycles. The minimum atomic E-state index is -0.832. The maximum Gasteiger partial charge on any atom is 0.246 e. The van der Waals surface area contributed by atoms with Crippen molar-refractivity contribution in [3.8, 4) is 0 Å². The molecule has 4 bridgehead atoms. The van der Waals surface area contributed by atoms with E-state index < -0.39 is 5.54 Å². The third-order valence-electron chi connectivity index (χ3n) is 7.09. The third-order valence-corrected chi connectivity index (χ3v) is 7.34. The van der Waals surface area contributed by atoms with Crippen molar-refractivity contribution in [2.75, 3.05) is 19.6 Å². The second-order valence-electron chi connectivity index (χ2n) is 10.3. The lowest BCUT2D eigenvalue weighted by Crippen LogP contribution is -2.76. The molecule has 1 aromatic carbocycles. The zero-order valence-electron chi connectivity index (χ0n) is 18.5. The fourth-order valence-electron chi connectivity index (χ4n) is 6.02. The number of amides is 2. The molecule has 1 saturated carbocycles. The van der Waals surface area contributed by atoms with Crippen LogP contribution in [0.25, 0.3) is 0 Å². The lowest BCUT2D eigenvalue weighted by molar-refractivity contribution is -0.154. The first-order valence-corrected chi connectivity index (χ1v) is 11.7. The summed E-state index contributed by atoms with van der Waals surface area (Å²) in [6, 6.07) is 8.02. The van der Waals surface area contributed by atoms with E-state index in [9.17, 15) is 9.59 Å². The normalized spacial score (nSPS) is 32.7. The van der Waals surface area contributed by atoms with Crippen LogP contribution >= 0.6 is 11.6 Å². The lowest BCUT2D eigenvalue weighted by atomic mass is 9.57. The zero-order valence-corrected chi connectivity index (χ0v) is 19.2. The molecule has 4 aliphatic rings. The van der Waals surface area contributed by atoms with E-state index in [0.29, 0.717) is 23.4 Å². The van der Waals surface area contributed by atoms with Gasteiger partial charge in [0.2, 0.25) is 11.8 Å². The molecule has 5 atom stereocenters. The molecule has 3 saturated heterocycles. The molecule has 6 heteroatoms. The Labute approximate surface area is 184 Å². The van der Waals surface area contributed by atoms with Crippen molar-refractivity contribution in [2.24, 2.45) is 29.6 Å². The molecule has 0 radical (unpaired) electrons. The first-order chi connectivity index (χ1) is 14.2. The summed E-state index contributed by atoms with van der Waals surface area (Å²) in [7, 11) is 0. The number of fused-ring (bicyclic) bond motifs is 1. The molecule has 2 N–H and O–H groups in total. The van der Waals surface area contributed by atoms with Crippen LogP contribution in [0.1, 0.15) is 39.7 Å². The fraction of sp³-hybridized carbons (Fsp3) is 0.667. The van der Waals surface area contributed by atoms with Crippen LogP contribution in [0.2, 0.25) is 5.02 Å². The molecule has 4 fully saturated rings. The van der Waals surface area contributed by atoms with Crippen molar-refractivity contribution >= 4 is 23.4 Å². The van der Waals surface area contributed by atoms with Crippen molar-refractivity contribution in [1.82, 2.24) is 15.5 Å². The number of hydrogen-bond donors (Lipinski definition) is 2. The van der Waals surface area contributed by atoms with Gasteiger partial charge in [-0.2, -0.15) is 0 Å². The Bertz CT molecular complexity index is 809. The molecule has 1 unspecified atom stereocenters. The Morgan fingerprint density at radius 2 is 1.93 bits per heavy atom. The van der Waals surface area contributed by atoms with Crippen LogP contribution in [0, 0.1) is 29.6 Å². The smallest absolute Gasteiger partial charge is 0.246 e.